The predicted octanol–water partition coefficient (Wildman–Crippen LogP) is 2.75. The summed E-state index contributed by atoms with van der Waals surface area (Å²) in [5.74, 6) is 0.845. The molecule has 1 amide bonds. The maximum atomic E-state index is 11.7. The van der Waals surface area contributed by atoms with Crippen LogP contribution in [-0.4, -0.2) is 31.5 Å². The van der Waals surface area contributed by atoms with E-state index in [-0.39, 0.29) is 29.9 Å². The third kappa shape index (κ3) is 6.91. The summed E-state index contributed by atoms with van der Waals surface area (Å²) in [5.41, 5.74) is 0. The van der Waals surface area contributed by atoms with Gasteiger partial charge < -0.3 is 20.4 Å². The zero-order valence-electron chi connectivity index (χ0n) is 13.8. The molecule has 6 nitrogen and oxygen atoms in total. The number of aliphatic imine (C=N–C) groups is 1. The summed E-state index contributed by atoms with van der Waals surface area (Å²) in [5, 5.41) is 9.17. The lowest BCUT2D eigenvalue weighted by atomic mass is 10.4. The van der Waals surface area contributed by atoms with Gasteiger partial charge in [0.2, 0.25) is 0 Å². The molecule has 3 N–H and O–H groups in total. The first-order valence-corrected chi connectivity index (χ1v) is 8.40. The van der Waals surface area contributed by atoms with Gasteiger partial charge in [0.05, 0.1) is 12.8 Å². The van der Waals surface area contributed by atoms with Crippen molar-refractivity contribution < 1.29 is 9.21 Å². The Morgan fingerprint density at radius 2 is 2.00 bits per heavy atom. The number of amides is 1. The van der Waals surface area contributed by atoms with Gasteiger partial charge in [0.25, 0.3) is 5.91 Å². The lowest BCUT2D eigenvalue weighted by Gasteiger charge is -2.11. The fraction of sp³-hybridized carbons (Fsp3) is 0.375. The van der Waals surface area contributed by atoms with Crippen LogP contribution in [0.25, 0.3) is 0 Å². The van der Waals surface area contributed by atoms with Gasteiger partial charge in [-0.15, -0.1) is 35.3 Å². The fourth-order valence-electron chi connectivity index (χ4n) is 1.92. The Kier molecular flexibility index (Phi) is 9.46. The molecule has 2 heterocycles. The molecule has 0 saturated heterocycles. The van der Waals surface area contributed by atoms with Crippen LogP contribution in [0.5, 0.6) is 0 Å². The van der Waals surface area contributed by atoms with Crippen LogP contribution in [0.3, 0.4) is 0 Å². The van der Waals surface area contributed by atoms with Gasteiger partial charge in [-0.2, -0.15) is 0 Å². The minimum atomic E-state index is -0.215. The number of carbonyl (C=O) groups is 1. The molecule has 8 heteroatoms. The molecular weight excluding hydrogens is 439 g/mol. The first-order chi connectivity index (χ1) is 11.2. The van der Waals surface area contributed by atoms with E-state index in [0.717, 1.165) is 12.5 Å². The molecule has 0 aliphatic heterocycles. The highest BCUT2D eigenvalue weighted by atomic mass is 127. The second-order valence-corrected chi connectivity index (χ2v) is 6.24. The van der Waals surface area contributed by atoms with Gasteiger partial charge in [-0.1, -0.05) is 0 Å². The topological polar surface area (TPSA) is 78.7 Å². The second-order valence-electron chi connectivity index (χ2n) is 4.87. The van der Waals surface area contributed by atoms with Gasteiger partial charge in [-0.25, -0.2) is 4.99 Å². The molecular formula is C16H23IN4O2S. The van der Waals surface area contributed by atoms with Gasteiger partial charge in [0, 0.05) is 29.4 Å². The van der Waals surface area contributed by atoms with Gasteiger partial charge >= 0.3 is 0 Å². The van der Waals surface area contributed by atoms with Crippen molar-refractivity contribution in [3.05, 3.63) is 46.0 Å². The molecule has 0 spiro atoms. The monoisotopic (exact) mass is 462 g/mol. The van der Waals surface area contributed by atoms with E-state index in [1.54, 1.807) is 23.5 Å². The molecule has 2 rings (SSSR count). The average molecular weight is 462 g/mol. The summed E-state index contributed by atoms with van der Waals surface area (Å²) in [4.78, 5) is 18.8. The molecule has 24 heavy (non-hydrogen) atoms. The molecule has 0 aliphatic carbocycles. The van der Waals surface area contributed by atoms with Crippen molar-refractivity contribution in [1.29, 1.82) is 0 Å². The third-order valence-corrected chi connectivity index (χ3v) is 3.97. The molecule has 0 radical (unpaired) electrons. The molecule has 2 aromatic heterocycles. The second kappa shape index (κ2) is 11.1. The number of nitrogens with one attached hydrogen (secondary N) is 3. The summed E-state index contributed by atoms with van der Waals surface area (Å²) in [7, 11) is 0. The van der Waals surface area contributed by atoms with E-state index >= 15 is 0 Å². The first-order valence-electron chi connectivity index (χ1n) is 7.58. The van der Waals surface area contributed by atoms with E-state index in [9.17, 15) is 4.79 Å². The smallest absolute Gasteiger partial charge is 0.287 e. The number of carbonyl (C=O) groups excluding carboxylic acids is 1. The Balaban J connectivity index is 0.00000288. The van der Waals surface area contributed by atoms with E-state index in [2.05, 4.69) is 40.0 Å². The number of thiophene rings is 1. The highest BCUT2D eigenvalue weighted by molar-refractivity contribution is 14.0. The number of guanidine groups is 1. The molecule has 0 saturated carbocycles. The molecule has 0 fully saturated rings. The average Bonchev–Trinajstić information content (AvgIpc) is 3.20. The number of halogens is 1. The highest BCUT2D eigenvalue weighted by Gasteiger charge is 2.06. The number of nitrogens with zero attached hydrogens (tertiary/aromatic N) is 1. The van der Waals surface area contributed by atoms with Crippen LogP contribution >= 0.6 is 35.3 Å². The Labute approximate surface area is 163 Å². The van der Waals surface area contributed by atoms with Crippen LogP contribution in [0.4, 0.5) is 0 Å². The SMILES string of the molecule is CCNC(=NCc1ccc(C)s1)NCCNC(=O)c1ccco1.I. The maximum Gasteiger partial charge on any atom is 0.287 e. The quantitative estimate of drug-likeness (QED) is 0.256. The van der Waals surface area contributed by atoms with Crippen LogP contribution in [0.15, 0.2) is 39.9 Å². The van der Waals surface area contributed by atoms with E-state index in [1.165, 1.54) is 16.0 Å². The number of rotatable bonds is 7. The largest absolute Gasteiger partial charge is 0.459 e. The Bertz CT molecular complexity index is 640. The van der Waals surface area contributed by atoms with Crippen molar-refractivity contribution in [2.24, 2.45) is 4.99 Å². The van der Waals surface area contributed by atoms with Crippen molar-refractivity contribution in [3.63, 3.8) is 0 Å². The van der Waals surface area contributed by atoms with Crippen LogP contribution < -0.4 is 16.0 Å². The van der Waals surface area contributed by atoms with Crippen molar-refractivity contribution in [3.8, 4) is 0 Å². The lowest BCUT2D eigenvalue weighted by molar-refractivity contribution is 0.0926. The molecule has 0 aliphatic rings. The van der Waals surface area contributed by atoms with Crippen LogP contribution in [0.2, 0.25) is 0 Å². The van der Waals surface area contributed by atoms with Crippen molar-refractivity contribution in [1.82, 2.24) is 16.0 Å². The predicted molar refractivity (Wildman–Crippen MR) is 108 cm³/mol. The Morgan fingerprint density at radius 3 is 2.62 bits per heavy atom. The summed E-state index contributed by atoms with van der Waals surface area (Å²) in [6, 6.07) is 7.52. The first kappa shape index (κ1) is 20.5. The fourth-order valence-corrected chi connectivity index (χ4v) is 2.74. The normalized spacial score (nSPS) is 10.8. The van der Waals surface area contributed by atoms with Gasteiger partial charge in [0.1, 0.15) is 0 Å². The standard InChI is InChI=1S/C16H22N4O2S.HI/c1-3-17-16(20-11-13-7-6-12(2)23-13)19-9-8-18-15(21)14-5-4-10-22-14;/h4-7,10H,3,8-9,11H2,1-2H3,(H,18,21)(H2,17,19,20);1H. The van der Waals surface area contributed by atoms with Gasteiger partial charge in [-0.05, 0) is 38.1 Å². The number of hydrogen-bond donors (Lipinski definition) is 3. The van der Waals surface area contributed by atoms with E-state index < -0.39 is 0 Å². The van der Waals surface area contributed by atoms with Crippen molar-refractivity contribution in [2.45, 2.75) is 20.4 Å². The summed E-state index contributed by atoms with van der Waals surface area (Å²) in [6.45, 7) is 6.61. The third-order valence-electron chi connectivity index (χ3n) is 2.98. The Hall–Kier alpha value is -1.55. The van der Waals surface area contributed by atoms with Crippen molar-refractivity contribution in [2.75, 3.05) is 19.6 Å². The minimum Gasteiger partial charge on any atom is -0.459 e. The summed E-state index contributed by atoms with van der Waals surface area (Å²) >= 11 is 1.75. The van der Waals surface area contributed by atoms with E-state index in [4.69, 9.17) is 4.42 Å². The Morgan fingerprint density at radius 1 is 1.21 bits per heavy atom. The van der Waals surface area contributed by atoms with Crippen LogP contribution in [0, 0.1) is 6.92 Å². The molecule has 0 atom stereocenters. The summed E-state index contributed by atoms with van der Waals surface area (Å²) < 4.78 is 5.03. The molecule has 132 valence electrons. The van der Waals surface area contributed by atoms with E-state index in [0.29, 0.717) is 25.4 Å². The van der Waals surface area contributed by atoms with Gasteiger partial charge in [-0.3, -0.25) is 4.79 Å². The number of hydrogen-bond acceptors (Lipinski definition) is 4. The maximum absolute atomic E-state index is 11.7. The zero-order valence-corrected chi connectivity index (χ0v) is 16.9. The van der Waals surface area contributed by atoms with Gasteiger partial charge in [0.15, 0.2) is 11.7 Å². The van der Waals surface area contributed by atoms with E-state index in [1.807, 2.05) is 6.92 Å². The highest BCUT2D eigenvalue weighted by Crippen LogP contribution is 2.15. The molecule has 2 aromatic rings. The van der Waals surface area contributed by atoms with Crippen LogP contribution in [0.1, 0.15) is 27.2 Å². The van der Waals surface area contributed by atoms with Crippen LogP contribution in [-0.2, 0) is 6.54 Å². The lowest BCUT2D eigenvalue weighted by Crippen LogP contribution is -2.41. The zero-order chi connectivity index (χ0) is 16.5. The summed E-state index contributed by atoms with van der Waals surface area (Å²) in [6.07, 6.45) is 1.48. The number of furan rings is 1. The molecule has 0 bridgehead atoms. The number of aryl methyl sites for hydroxylation is 1. The molecule has 0 unspecified atom stereocenters. The van der Waals surface area contributed by atoms with Crippen molar-refractivity contribution >= 4 is 47.2 Å². The minimum absolute atomic E-state index is 0. The molecule has 0 aromatic carbocycles.